The summed E-state index contributed by atoms with van der Waals surface area (Å²) in [5.41, 5.74) is 0. The summed E-state index contributed by atoms with van der Waals surface area (Å²) in [7, 11) is 0. The number of ether oxygens (including phenoxy) is 6. The van der Waals surface area contributed by atoms with E-state index in [2.05, 4.69) is 60.8 Å². The summed E-state index contributed by atoms with van der Waals surface area (Å²) in [6.07, 6.45) is 7.47. The number of amides is 1. The van der Waals surface area contributed by atoms with Gasteiger partial charge in [-0.05, 0) is 51.4 Å². The van der Waals surface area contributed by atoms with Crippen LogP contribution in [0.4, 0.5) is 0 Å². The first-order valence-corrected chi connectivity index (χ1v) is 24.5. The van der Waals surface area contributed by atoms with Crippen molar-refractivity contribution in [3.8, 4) is 0 Å². The van der Waals surface area contributed by atoms with Crippen LogP contribution >= 0.6 is 0 Å². The Kier molecular flexibility index (Phi) is 29.9. The van der Waals surface area contributed by atoms with Crippen LogP contribution in [0, 0.1) is 0 Å². The fourth-order valence-electron chi connectivity index (χ4n) is 7.93. The lowest BCUT2D eigenvalue weighted by Crippen LogP contribution is -2.66. The monoisotopic (exact) mass is 974 g/mol. The van der Waals surface area contributed by atoms with E-state index >= 15 is 0 Å². The van der Waals surface area contributed by atoms with Crippen molar-refractivity contribution in [2.75, 3.05) is 26.4 Å². The fraction of sp³-hybridized carbons (Fsp3) is 0.776. The molecule has 0 aromatic rings. The molecule has 0 aromatic heterocycles. The second kappa shape index (κ2) is 34.0. The molecule has 3 aliphatic rings. The summed E-state index contributed by atoms with van der Waals surface area (Å²) >= 11 is 0. The summed E-state index contributed by atoms with van der Waals surface area (Å²) in [6, 6.07) is -0.978. The number of allylic oxidation sites excluding steroid dienone is 9. The molecule has 17 atom stereocenters. The first kappa shape index (κ1) is 59.8. The molecule has 0 spiro atoms. The summed E-state index contributed by atoms with van der Waals surface area (Å²) in [5.74, 6) is -0.305. The van der Waals surface area contributed by atoms with Crippen LogP contribution in [-0.4, -0.2) is 193 Å². The number of unbranched alkanes of at least 4 members (excludes halogenated alkanes) is 8. The minimum atomic E-state index is -1.98. The third kappa shape index (κ3) is 19.9. The van der Waals surface area contributed by atoms with Crippen LogP contribution in [0.3, 0.4) is 0 Å². The lowest BCUT2D eigenvalue weighted by atomic mass is 9.96. The fourth-order valence-corrected chi connectivity index (χ4v) is 7.93. The molecule has 0 radical (unpaired) electrons. The zero-order chi connectivity index (χ0) is 49.8. The van der Waals surface area contributed by atoms with Gasteiger partial charge in [-0.3, -0.25) is 4.79 Å². The van der Waals surface area contributed by atoms with Gasteiger partial charge in [-0.25, -0.2) is 0 Å². The molecular formula is C49H83NO18. The van der Waals surface area contributed by atoms with E-state index in [1.165, 1.54) is 0 Å². The Morgan fingerprint density at radius 1 is 0.544 bits per heavy atom. The summed E-state index contributed by atoms with van der Waals surface area (Å²) in [6.45, 7) is 1.37. The minimum absolute atomic E-state index is 0.221. The maximum atomic E-state index is 13.1. The highest BCUT2D eigenvalue weighted by Crippen LogP contribution is 2.33. The van der Waals surface area contributed by atoms with Gasteiger partial charge in [0.1, 0.15) is 73.2 Å². The molecule has 3 aliphatic heterocycles. The van der Waals surface area contributed by atoms with Crippen LogP contribution in [0.5, 0.6) is 0 Å². The number of hydrogen-bond acceptors (Lipinski definition) is 18. The second-order valence-electron chi connectivity index (χ2n) is 17.5. The van der Waals surface area contributed by atoms with E-state index in [0.29, 0.717) is 12.8 Å². The summed E-state index contributed by atoms with van der Waals surface area (Å²) in [4.78, 5) is 13.1. The van der Waals surface area contributed by atoms with Crippen LogP contribution in [0.2, 0.25) is 0 Å². The molecule has 0 bridgehead atoms. The molecule has 0 saturated carbocycles. The highest BCUT2D eigenvalue weighted by atomic mass is 16.8. The number of aliphatic hydroxyl groups is 11. The van der Waals surface area contributed by atoms with E-state index < -0.39 is 124 Å². The Balaban J connectivity index is 1.48. The van der Waals surface area contributed by atoms with Gasteiger partial charge in [0.25, 0.3) is 0 Å². The van der Waals surface area contributed by atoms with E-state index in [1.54, 1.807) is 12.2 Å². The van der Waals surface area contributed by atoms with Crippen molar-refractivity contribution < 1.29 is 89.4 Å². The second-order valence-corrected chi connectivity index (χ2v) is 17.5. The normalized spacial score (nSPS) is 33.7. The van der Waals surface area contributed by atoms with Crippen LogP contribution in [0.1, 0.15) is 110 Å². The molecule has 0 aromatic carbocycles. The van der Waals surface area contributed by atoms with Gasteiger partial charge in [-0.2, -0.15) is 0 Å². The number of aliphatic hydroxyl groups excluding tert-OH is 11. The smallest absolute Gasteiger partial charge is 0.220 e. The van der Waals surface area contributed by atoms with Gasteiger partial charge in [0.05, 0.1) is 38.6 Å². The quantitative estimate of drug-likeness (QED) is 0.0330. The molecule has 0 aliphatic carbocycles. The van der Waals surface area contributed by atoms with Gasteiger partial charge >= 0.3 is 0 Å². The van der Waals surface area contributed by atoms with Gasteiger partial charge in [0.15, 0.2) is 18.9 Å². The Bertz CT molecular complexity index is 1490. The molecule has 17 unspecified atom stereocenters. The molecule has 19 heteroatoms. The zero-order valence-corrected chi connectivity index (χ0v) is 39.8. The molecule has 3 heterocycles. The standard InChI is InChI=1S/C49H83NO18/c1-3-5-7-9-10-11-12-13-14-15-16-17-18-19-20-21-22-23-25-27-37(55)50-32(33(54)26-24-8-6-4-2)31-63-47-43(61)40(58)45(35(29-52)65-47)68-49-44(62)41(59)46(36(30-53)66-49)67-48-42(60)39(57)38(56)34(28-51)64-48/h5,7,10-11,13-14,16-17,24,26,32-36,38-49,51-54,56-62H,3-4,6,8-9,12,15,18-23,25,27-31H2,1-2H3,(H,50,55)/b7-5-,11-10-,14-13-,17-16-,26-24+. The molecule has 19 nitrogen and oxygen atoms in total. The Morgan fingerprint density at radius 3 is 1.57 bits per heavy atom. The first-order chi connectivity index (χ1) is 32.8. The molecule has 392 valence electrons. The van der Waals surface area contributed by atoms with E-state index in [0.717, 1.165) is 77.0 Å². The van der Waals surface area contributed by atoms with Crippen molar-refractivity contribution in [2.45, 2.75) is 214 Å². The van der Waals surface area contributed by atoms with Crippen LogP contribution in [0.25, 0.3) is 0 Å². The van der Waals surface area contributed by atoms with Gasteiger partial charge in [0, 0.05) is 6.42 Å². The highest BCUT2D eigenvalue weighted by Gasteiger charge is 2.53. The van der Waals surface area contributed by atoms with Crippen molar-refractivity contribution in [3.05, 3.63) is 60.8 Å². The largest absolute Gasteiger partial charge is 0.394 e. The van der Waals surface area contributed by atoms with E-state index in [1.807, 2.05) is 6.92 Å². The SMILES string of the molecule is CC/C=C\C/C=C\C/C=C\C/C=C\CCCCCCCCC(=O)NC(COC1OC(CO)C(OC2OC(CO)C(OC3OC(CO)C(O)C(O)C3O)C(O)C2O)C(O)C1O)C(O)/C=C/CCCC. The molecule has 3 fully saturated rings. The van der Waals surface area contributed by atoms with Crippen molar-refractivity contribution in [1.82, 2.24) is 5.32 Å². The maximum absolute atomic E-state index is 13.1. The summed E-state index contributed by atoms with van der Waals surface area (Å²) < 4.78 is 33.9. The van der Waals surface area contributed by atoms with Gasteiger partial charge in [0.2, 0.25) is 5.91 Å². The van der Waals surface area contributed by atoms with Gasteiger partial charge in [-0.1, -0.05) is 113 Å². The lowest BCUT2D eigenvalue weighted by molar-refractivity contribution is -0.379. The topological polar surface area (TPSA) is 307 Å². The third-order valence-electron chi connectivity index (χ3n) is 12.1. The number of hydrogen-bond donors (Lipinski definition) is 12. The molecule has 12 N–H and O–H groups in total. The lowest BCUT2D eigenvalue weighted by Gasteiger charge is -2.48. The van der Waals surface area contributed by atoms with Gasteiger partial charge < -0.3 is 89.9 Å². The zero-order valence-electron chi connectivity index (χ0n) is 39.8. The molecule has 1 amide bonds. The number of carbonyl (C=O) groups is 1. The van der Waals surface area contributed by atoms with E-state index in [9.17, 15) is 61.0 Å². The third-order valence-corrected chi connectivity index (χ3v) is 12.1. The molecular weight excluding hydrogens is 891 g/mol. The van der Waals surface area contributed by atoms with Crippen molar-refractivity contribution in [2.24, 2.45) is 0 Å². The van der Waals surface area contributed by atoms with E-state index in [4.69, 9.17) is 28.4 Å². The Hall–Kier alpha value is -2.51. The number of rotatable bonds is 32. The molecule has 3 rings (SSSR count). The number of carbonyl (C=O) groups excluding carboxylic acids is 1. The van der Waals surface area contributed by atoms with E-state index in [-0.39, 0.29) is 18.9 Å². The molecule has 3 saturated heterocycles. The van der Waals surface area contributed by atoms with Crippen LogP contribution in [0.15, 0.2) is 60.8 Å². The summed E-state index contributed by atoms with van der Waals surface area (Å²) in [5, 5.41) is 119. The van der Waals surface area contributed by atoms with Crippen LogP contribution in [-0.2, 0) is 33.2 Å². The van der Waals surface area contributed by atoms with Crippen molar-refractivity contribution >= 4 is 5.91 Å². The predicted octanol–water partition coefficient (Wildman–Crippen LogP) is 0.969. The number of nitrogens with one attached hydrogen (secondary N) is 1. The van der Waals surface area contributed by atoms with Crippen LogP contribution < -0.4 is 5.32 Å². The Morgan fingerprint density at radius 2 is 1.01 bits per heavy atom. The maximum Gasteiger partial charge on any atom is 0.220 e. The van der Waals surface area contributed by atoms with Gasteiger partial charge in [-0.15, -0.1) is 0 Å². The Labute approximate surface area is 401 Å². The minimum Gasteiger partial charge on any atom is -0.394 e. The predicted molar refractivity (Wildman–Crippen MR) is 249 cm³/mol. The molecule has 68 heavy (non-hydrogen) atoms. The first-order valence-electron chi connectivity index (χ1n) is 24.5. The highest BCUT2D eigenvalue weighted by molar-refractivity contribution is 5.76. The van der Waals surface area contributed by atoms with Crippen molar-refractivity contribution in [1.29, 1.82) is 0 Å². The average molecular weight is 974 g/mol. The average Bonchev–Trinajstić information content (AvgIpc) is 3.33. The van der Waals surface area contributed by atoms with Crippen molar-refractivity contribution in [3.63, 3.8) is 0 Å².